The molecule has 10 heavy (non-hydrogen) atoms. The molecule has 0 fully saturated rings. The largest absolute Gasteiger partial charge is 0.447 e. The molecule has 0 saturated heterocycles. The average molecular weight is 149 g/mol. The fourth-order valence-electron chi connectivity index (χ4n) is 0.232. The number of rotatable bonds is 1. The molecule has 0 unspecified atom stereocenters. The summed E-state index contributed by atoms with van der Waals surface area (Å²) in [6.45, 7) is 3.48. The lowest BCUT2D eigenvalue weighted by atomic mass is 10.5. The number of carbonyl (C=O) groups is 1. The molecule has 0 bridgehead atoms. The Hall–Kier alpha value is -0.770. The van der Waals surface area contributed by atoms with Gasteiger partial charge in [0.25, 0.3) is 0 Å². The minimum absolute atomic E-state index is 0.0995. The summed E-state index contributed by atoms with van der Waals surface area (Å²) in [6.07, 6.45) is -0.813. The second kappa shape index (κ2) is 8.23. The fourth-order valence-corrected chi connectivity index (χ4v) is 0.232. The number of amides is 1. The zero-order chi connectivity index (χ0) is 8.57. The summed E-state index contributed by atoms with van der Waals surface area (Å²) in [6, 6.07) is 0. The van der Waals surface area contributed by atoms with Crippen LogP contribution in [0.25, 0.3) is 0 Å². The Balaban J connectivity index is 0. The van der Waals surface area contributed by atoms with Gasteiger partial charge in [0.2, 0.25) is 0 Å². The number of methoxy groups -OCH3 is 1. The van der Waals surface area contributed by atoms with Crippen LogP contribution in [0, 0.1) is 0 Å². The summed E-state index contributed by atoms with van der Waals surface area (Å²) in [5, 5.41) is 0. The van der Waals surface area contributed by atoms with Gasteiger partial charge >= 0.3 is 6.09 Å². The van der Waals surface area contributed by atoms with E-state index in [0.29, 0.717) is 0 Å². The van der Waals surface area contributed by atoms with E-state index < -0.39 is 6.09 Å². The van der Waals surface area contributed by atoms with Crippen molar-refractivity contribution in [2.45, 2.75) is 20.0 Å². The van der Waals surface area contributed by atoms with Crippen molar-refractivity contribution in [3.63, 3.8) is 0 Å². The Morgan fingerprint density at radius 3 is 1.70 bits per heavy atom. The van der Waals surface area contributed by atoms with Gasteiger partial charge in [0.15, 0.2) is 0 Å². The van der Waals surface area contributed by atoms with Crippen LogP contribution < -0.4 is 5.73 Å². The molecule has 0 aliphatic rings. The highest BCUT2D eigenvalue weighted by Gasteiger charge is 1.94. The molecule has 4 nitrogen and oxygen atoms in total. The molecule has 0 aromatic carbocycles. The summed E-state index contributed by atoms with van der Waals surface area (Å²) in [7, 11) is 3.25. The van der Waals surface area contributed by atoms with Crippen molar-refractivity contribution >= 4 is 6.09 Å². The van der Waals surface area contributed by atoms with E-state index in [9.17, 15) is 4.79 Å². The van der Waals surface area contributed by atoms with Gasteiger partial charge in [0.1, 0.15) is 0 Å². The molecule has 0 radical (unpaired) electrons. The van der Waals surface area contributed by atoms with Crippen LogP contribution in [0.5, 0.6) is 0 Å². The number of carbonyl (C=O) groups excluding carboxylic acids is 1. The predicted octanol–water partition coefficient (Wildman–Crippen LogP) is 0.753. The molecule has 4 heteroatoms. The van der Waals surface area contributed by atoms with E-state index in [1.807, 2.05) is 0 Å². The Labute approximate surface area is 61.3 Å². The molecule has 0 aliphatic heterocycles. The normalized spacial score (nSPS) is 8.10. The molecule has 0 saturated carbocycles. The SMILES string of the molecule is CC(C)OC(N)=O.COC. The maximum atomic E-state index is 9.81. The fraction of sp³-hybridized carbons (Fsp3) is 0.833. The lowest BCUT2D eigenvalue weighted by Crippen LogP contribution is -2.17. The third kappa shape index (κ3) is 26.9. The molecule has 2 N–H and O–H groups in total. The van der Waals surface area contributed by atoms with E-state index in [1.165, 1.54) is 0 Å². The highest BCUT2D eigenvalue weighted by molar-refractivity contribution is 5.64. The molecule has 1 amide bonds. The Bertz CT molecular complexity index is 83.1. The molecule has 0 atom stereocenters. The quantitative estimate of drug-likeness (QED) is 0.598. The lowest BCUT2D eigenvalue weighted by Gasteiger charge is -2.01. The molecule has 0 heterocycles. The van der Waals surface area contributed by atoms with E-state index in [1.54, 1.807) is 28.1 Å². The van der Waals surface area contributed by atoms with Gasteiger partial charge in [-0.3, -0.25) is 0 Å². The van der Waals surface area contributed by atoms with Crippen LogP contribution in [-0.4, -0.2) is 26.4 Å². The second-order valence-corrected chi connectivity index (χ2v) is 1.89. The standard InChI is InChI=1S/C4H9NO2.C2H6O/c1-3(2)7-4(5)6;1-3-2/h3H,1-2H3,(H2,5,6);1-2H3. The maximum absolute atomic E-state index is 9.81. The number of primary amides is 1. The van der Waals surface area contributed by atoms with Crippen molar-refractivity contribution < 1.29 is 14.3 Å². The number of hydrogen-bond acceptors (Lipinski definition) is 3. The zero-order valence-electron chi connectivity index (χ0n) is 6.88. The smallest absolute Gasteiger partial charge is 0.404 e. The van der Waals surface area contributed by atoms with Crippen molar-refractivity contribution in [3.8, 4) is 0 Å². The van der Waals surface area contributed by atoms with Crippen LogP contribution in [0.4, 0.5) is 4.79 Å². The Kier molecular flexibility index (Phi) is 9.84. The summed E-state index contributed by atoms with van der Waals surface area (Å²) in [5.41, 5.74) is 4.63. The second-order valence-electron chi connectivity index (χ2n) is 1.89. The first-order chi connectivity index (χ1) is 4.54. The number of hydrogen-bond donors (Lipinski definition) is 1. The van der Waals surface area contributed by atoms with E-state index in [2.05, 4.69) is 15.2 Å². The minimum atomic E-state index is -0.713. The van der Waals surface area contributed by atoms with Crippen molar-refractivity contribution in [2.75, 3.05) is 14.2 Å². The number of ether oxygens (including phenoxy) is 2. The van der Waals surface area contributed by atoms with Crippen LogP contribution in [0.3, 0.4) is 0 Å². The van der Waals surface area contributed by atoms with Gasteiger partial charge < -0.3 is 15.2 Å². The van der Waals surface area contributed by atoms with Crippen molar-refractivity contribution in [1.82, 2.24) is 0 Å². The maximum Gasteiger partial charge on any atom is 0.404 e. The predicted molar refractivity (Wildman–Crippen MR) is 38.7 cm³/mol. The molecule has 0 spiro atoms. The van der Waals surface area contributed by atoms with Gasteiger partial charge in [0, 0.05) is 14.2 Å². The number of nitrogens with two attached hydrogens (primary N) is 1. The molecule has 0 aromatic rings. The topological polar surface area (TPSA) is 61.5 Å². The lowest BCUT2D eigenvalue weighted by molar-refractivity contribution is 0.125. The molecule has 62 valence electrons. The third-order valence-electron chi connectivity index (χ3n) is 0.352. The summed E-state index contributed by atoms with van der Waals surface area (Å²) in [4.78, 5) is 9.81. The first-order valence-electron chi connectivity index (χ1n) is 2.90. The third-order valence-corrected chi connectivity index (χ3v) is 0.352. The van der Waals surface area contributed by atoms with E-state index >= 15 is 0 Å². The average Bonchev–Trinajstić information content (AvgIpc) is 1.62. The molecule has 0 aromatic heterocycles. The van der Waals surface area contributed by atoms with Crippen molar-refractivity contribution in [3.05, 3.63) is 0 Å². The highest BCUT2D eigenvalue weighted by Crippen LogP contribution is 1.83. The molecule has 0 rings (SSSR count). The monoisotopic (exact) mass is 149 g/mol. The van der Waals surface area contributed by atoms with Gasteiger partial charge in [-0.1, -0.05) is 0 Å². The Morgan fingerprint density at radius 2 is 1.70 bits per heavy atom. The van der Waals surface area contributed by atoms with Crippen LogP contribution in [-0.2, 0) is 9.47 Å². The van der Waals surface area contributed by atoms with E-state index in [-0.39, 0.29) is 6.10 Å². The summed E-state index contributed by atoms with van der Waals surface area (Å²) in [5.74, 6) is 0. The molecular formula is C6H15NO3. The minimum Gasteiger partial charge on any atom is -0.447 e. The first kappa shape index (κ1) is 12.0. The van der Waals surface area contributed by atoms with Crippen LogP contribution in [0.15, 0.2) is 0 Å². The summed E-state index contributed by atoms with van der Waals surface area (Å²) < 4.78 is 8.64. The molecule has 0 aliphatic carbocycles. The highest BCUT2D eigenvalue weighted by atomic mass is 16.6. The van der Waals surface area contributed by atoms with E-state index in [4.69, 9.17) is 0 Å². The zero-order valence-corrected chi connectivity index (χ0v) is 6.88. The van der Waals surface area contributed by atoms with Crippen LogP contribution in [0.1, 0.15) is 13.8 Å². The van der Waals surface area contributed by atoms with Crippen LogP contribution in [0.2, 0.25) is 0 Å². The van der Waals surface area contributed by atoms with Gasteiger partial charge in [-0.15, -0.1) is 0 Å². The van der Waals surface area contributed by atoms with Gasteiger partial charge in [-0.05, 0) is 13.8 Å². The summed E-state index contributed by atoms with van der Waals surface area (Å²) >= 11 is 0. The van der Waals surface area contributed by atoms with Crippen molar-refractivity contribution in [2.24, 2.45) is 5.73 Å². The first-order valence-corrected chi connectivity index (χ1v) is 2.90. The van der Waals surface area contributed by atoms with Gasteiger partial charge in [-0.2, -0.15) is 0 Å². The Morgan fingerprint density at radius 1 is 1.40 bits per heavy atom. The van der Waals surface area contributed by atoms with Gasteiger partial charge in [0.05, 0.1) is 6.10 Å². The van der Waals surface area contributed by atoms with Crippen LogP contribution >= 0.6 is 0 Å². The van der Waals surface area contributed by atoms with Gasteiger partial charge in [-0.25, -0.2) is 4.79 Å². The van der Waals surface area contributed by atoms with E-state index in [0.717, 1.165) is 0 Å². The van der Waals surface area contributed by atoms with Crippen molar-refractivity contribution in [1.29, 1.82) is 0 Å². The molecular weight excluding hydrogens is 134 g/mol.